The smallest absolute Gasteiger partial charge is 0.264 e. The average Bonchev–Trinajstić information content (AvgIpc) is 2.84. The van der Waals surface area contributed by atoms with E-state index in [-0.39, 0.29) is 34.8 Å². The predicted octanol–water partition coefficient (Wildman–Crippen LogP) is 3.81. The summed E-state index contributed by atoms with van der Waals surface area (Å²) in [5.74, 6) is -1.01. The molecular formula is C25H22FN3O4S. The summed E-state index contributed by atoms with van der Waals surface area (Å²) < 4.78 is 41.0. The summed E-state index contributed by atoms with van der Waals surface area (Å²) in [6.45, 7) is 2.03. The number of carbonyl (C=O) groups is 1. The number of amides is 1. The number of rotatable bonds is 7. The van der Waals surface area contributed by atoms with Crippen molar-refractivity contribution >= 4 is 32.5 Å². The van der Waals surface area contributed by atoms with E-state index in [2.05, 4.69) is 10.3 Å². The van der Waals surface area contributed by atoms with E-state index in [0.717, 1.165) is 0 Å². The van der Waals surface area contributed by atoms with Crippen molar-refractivity contribution in [3.05, 3.63) is 106 Å². The van der Waals surface area contributed by atoms with Gasteiger partial charge in [-0.25, -0.2) is 12.8 Å². The Labute approximate surface area is 195 Å². The predicted molar refractivity (Wildman–Crippen MR) is 129 cm³/mol. The van der Waals surface area contributed by atoms with Crippen molar-refractivity contribution < 1.29 is 17.6 Å². The van der Waals surface area contributed by atoms with Gasteiger partial charge in [0.05, 0.1) is 10.6 Å². The highest BCUT2D eigenvalue weighted by Gasteiger charge is 2.24. The van der Waals surface area contributed by atoms with Crippen molar-refractivity contribution in [2.45, 2.75) is 18.4 Å². The van der Waals surface area contributed by atoms with Gasteiger partial charge >= 0.3 is 0 Å². The van der Waals surface area contributed by atoms with Gasteiger partial charge in [0.2, 0.25) is 5.43 Å². The number of nitrogens with zero attached hydrogens (tertiary/aromatic N) is 1. The molecule has 0 atom stereocenters. The number of anilines is 1. The van der Waals surface area contributed by atoms with Gasteiger partial charge in [-0.3, -0.25) is 13.9 Å². The molecule has 0 unspecified atom stereocenters. The lowest BCUT2D eigenvalue weighted by Crippen LogP contribution is -2.31. The highest BCUT2D eigenvalue weighted by atomic mass is 32.2. The number of aromatic nitrogens is 1. The minimum Gasteiger partial charge on any atom is -0.360 e. The van der Waals surface area contributed by atoms with E-state index in [1.54, 1.807) is 37.3 Å². The summed E-state index contributed by atoms with van der Waals surface area (Å²) in [4.78, 5) is 28.5. The van der Waals surface area contributed by atoms with Gasteiger partial charge in [-0.1, -0.05) is 30.3 Å². The minimum atomic E-state index is -3.95. The number of halogens is 1. The quantitative estimate of drug-likeness (QED) is 0.421. The van der Waals surface area contributed by atoms with Crippen LogP contribution in [-0.4, -0.2) is 25.9 Å². The van der Waals surface area contributed by atoms with Crippen molar-refractivity contribution in [1.82, 2.24) is 10.3 Å². The zero-order chi connectivity index (χ0) is 24.3. The highest BCUT2D eigenvalue weighted by Crippen LogP contribution is 2.24. The SMILES string of the molecule is CCN(c1ccccc1)S(=O)(=O)c1ccc2[nH]cc(C(=O)NCc3ccc(F)cc3)c(=O)c2c1. The van der Waals surface area contributed by atoms with Crippen LogP contribution < -0.4 is 15.1 Å². The zero-order valence-electron chi connectivity index (χ0n) is 18.3. The Kier molecular flexibility index (Phi) is 6.47. The standard InChI is InChI=1S/C25H22FN3O4S/c1-2-29(19-6-4-3-5-7-19)34(32,33)20-12-13-23-21(14-20)24(30)22(16-27-23)25(31)28-15-17-8-10-18(26)11-9-17/h3-14,16H,2,15H2,1H3,(H,27,30)(H,28,31). The Morgan fingerprint density at radius 3 is 2.41 bits per heavy atom. The van der Waals surface area contributed by atoms with Gasteiger partial charge in [0, 0.05) is 30.2 Å². The Bertz CT molecular complexity index is 1500. The van der Waals surface area contributed by atoms with Crippen LogP contribution >= 0.6 is 0 Å². The van der Waals surface area contributed by atoms with Gasteiger partial charge in [-0.2, -0.15) is 0 Å². The summed E-state index contributed by atoms with van der Waals surface area (Å²) in [7, 11) is -3.95. The third kappa shape index (κ3) is 4.55. The summed E-state index contributed by atoms with van der Waals surface area (Å²) in [5, 5.41) is 2.71. The number of sulfonamides is 1. The highest BCUT2D eigenvalue weighted by molar-refractivity contribution is 7.92. The second-order valence-corrected chi connectivity index (χ2v) is 9.42. The molecule has 1 heterocycles. The van der Waals surface area contributed by atoms with E-state index in [1.165, 1.54) is 53.0 Å². The fraction of sp³-hybridized carbons (Fsp3) is 0.120. The maximum Gasteiger partial charge on any atom is 0.264 e. The molecule has 34 heavy (non-hydrogen) atoms. The molecule has 7 nitrogen and oxygen atoms in total. The Morgan fingerprint density at radius 1 is 1.03 bits per heavy atom. The van der Waals surface area contributed by atoms with E-state index in [0.29, 0.717) is 16.8 Å². The topological polar surface area (TPSA) is 99.3 Å². The van der Waals surface area contributed by atoms with Crippen LogP contribution in [0, 0.1) is 5.82 Å². The van der Waals surface area contributed by atoms with E-state index in [9.17, 15) is 22.4 Å². The average molecular weight is 480 g/mol. The number of benzene rings is 3. The molecule has 2 N–H and O–H groups in total. The van der Waals surface area contributed by atoms with Crippen molar-refractivity contribution in [2.24, 2.45) is 0 Å². The molecule has 0 saturated carbocycles. The lowest BCUT2D eigenvalue weighted by atomic mass is 10.1. The first-order chi connectivity index (χ1) is 16.3. The van der Waals surface area contributed by atoms with E-state index in [4.69, 9.17) is 0 Å². The lowest BCUT2D eigenvalue weighted by molar-refractivity contribution is 0.0949. The molecule has 0 radical (unpaired) electrons. The number of para-hydroxylation sites is 1. The van der Waals surface area contributed by atoms with Crippen molar-refractivity contribution in [3.63, 3.8) is 0 Å². The van der Waals surface area contributed by atoms with Crippen LogP contribution in [0.2, 0.25) is 0 Å². The summed E-state index contributed by atoms with van der Waals surface area (Å²) in [6.07, 6.45) is 1.29. The fourth-order valence-electron chi connectivity index (χ4n) is 3.62. The zero-order valence-corrected chi connectivity index (χ0v) is 19.1. The third-order valence-corrected chi connectivity index (χ3v) is 7.28. The van der Waals surface area contributed by atoms with E-state index in [1.807, 2.05) is 0 Å². The molecule has 0 spiro atoms. The van der Waals surface area contributed by atoms with Crippen LogP contribution in [0.15, 0.2) is 88.7 Å². The fourth-order valence-corrected chi connectivity index (χ4v) is 5.12. The molecule has 0 bridgehead atoms. The molecule has 1 amide bonds. The number of hydrogen-bond donors (Lipinski definition) is 2. The summed E-state index contributed by atoms with van der Waals surface area (Å²) >= 11 is 0. The molecule has 3 aromatic carbocycles. The van der Waals surface area contributed by atoms with Gasteiger partial charge in [0.25, 0.3) is 15.9 Å². The molecule has 174 valence electrons. The van der Waals surface area contributed by atoms with Gasteiger partial charge < -0.3 is 10.3 Å². The van der Waals surface area contributed by atoms with Crippen LogP contribution in [0.4, 0.5) is 10.1 Å². The molecule has 0 fully saturated rings. The van der Waals surface area contributed by atoms with Crippen molar-refractivity contribution in [1.29, 1.82) is 0 Å². The van der Waals surface area contributed by atoms with Crippen LogP contribution in [0.1, 0.15) is 22.8 Å². The first-order valence-corrected chi connectivity index (χ1v) is 12.0. The van der Waals surface area contributed by atoms with Gasteiger partial charge in [-0.05, 0) is 55.0 Å². The molecular weight excluding hydrogens is 457 g/mol. The minimum absolute atomic E-state index is 0.0555. The molecule has 0 aliphatic rings. The molecule has 0 saturated heterocycles. The number of fused-ring (bicyclic) bond motifs is 1. The Hall–Kier alpha value is -3.98. The number of H-pyrrole nitrogens is 1. The Balaban J connectivity index is 1.67. The third-order valence-electron chi connectivity index (χ3n) is 5.38. The summed E-state index contributed by atoms with van der Waals surface area (Å²) in [5.41, 5.74) is 0.834. The number of aromatic amines is 1. The second kappa shape index (κ2) is 9.48. The molecule has 4 rings (SSSR count). The molecule has 4 aromatic rings. The number of nitrogens with one attached hydrogen (secondary N) is 2. The van der Waals surface area contributed by atoms with Gasteiger partial charge in [0.1, 0.15) is 11.4 Å². The maximum atomic E-state index is 13.3. The molecule has 9 heteroatoms. The van der Waals surface area contributed by atoms with Gasteiger partial charge in [-0.15, -0.1) is 0 Å². The number of carbonyl (C=O) groups excluding carboxylic acids is 1. The van der Waals surface area contributed by atoms with E-state index >= 15 is 0 Å². The second-order valence-electron chi connectivity index (χ2n) is 7.55. The largest absolute Gasteiger partial charge is 0.360 e. The molecule has 0 aliphatic carbocycles. The van der Waals surface area contributed by atoms with E-state index < -0.39 is 21.4 Å². The van der Waals surface area contributed by atoms with Gasteiger partial charge in [0.15, 0.2) is 0 Å². The van der Waals surface area contributed by atoms with Crippen LogP contribution in [0.25, 0.3) is 10.9 Å². The normalized spacial score (nSPS) is 11.4. The lowest BCUT2D eigenvalue weighted by Gasteiger charge is -2.23. The van der Waals surface area contributed by atoms with Crippen LogP contribution in [0.5, 0.6) is 0 Å². The first kappa shape index (κ1) is 23.2. The molecule has 0 aliphatic heterocycles. The van der Waals surface area contributed by atoms with Crippen LogP contribution in [0.3, 0.4) is 0 Å². The van der Waals surface area contributed by atoms with Crippen molar-refractivity contribution in [2.75, 3.05) is 10.8 Å². The monoisotopic (exact) mass is 479 g/mol. The first-order valence-electron chi connectivity index (χ1n) is 10.6. The number of hydrogen-bond acceptors (Lipinski definition) is 4. The van der Waals surface area contributed by atoms with Crippen molar-refractivity contribution in [3.8, 4) is 0 Å². The molecule has 1 aromatic heterocycles. The van der Waals surface area contributed by atoms with Crippen LogP contribution in [-0.2, 0) is 16.6 Å². The number of pyridine rings is 1. The summed E-state index contributed by atoms with van der Waals surface area (Å²) in [6, 6.07) is 18.5. The Morgan fingerprint density at radius 2 is 1.74 bits per heavy atom. The maximum absolute atomic E-state index is 13.3.